The fraction of sp³-hybridized carbons (Fsp3) is 0.125. The van der Waals surface area contributed by atoms with Crippen LogP contribution in [0.4, 0.5) is 22.7 Å². The van der Waals surface area contributed by atoms with Crippen LogP contribution in [-0.4, -0.2) is 57.4 Å². The van der Waals surface area contributed by atoms with Gasteiger partial charge in [0, 0.05) is 51.1 Å². The zero-order chi connectivity index (χ0) is 38.0. The Bertz CT molecular complexity index is 1830. The van der Waals surface area contributed by atoms with Gasteiger partial charge in [0.2, 0.25) is 0 Å². The molecule has 0 saturated carbocycles. The van der Waals surface area contributed by atoms with E-state index < -0.39 is 65.5 Å². The van der Waals surface area contributed by atoms with Gasteiger partial charge >= 0.3 is 5.97 Å². The van der Waals surface area contributed by atoms with Gasteiger partial charge in [-0.05, 0) is 41.0 Å². The second kappa shape index (κ2) is 17.4. The molecule has 1 aliphatic heterocycles. The second-order valence-corrected chi connectivity index (χ2v) is 12.2. The molecule has 1 aliphatic rings. The molecule has 51 heavy (non-hydrogen) atoms. The maximum absolute atomic E-state index is 10.5. The summed E-state index contributed by atoms with van der Waals surface area (Å²) < 4.78 is 0. The van der Waals surface area contributed by atoms with Gasteiger partial charge in [-0.2, -0.15) is 0 Å². The Morgan fingerprint density at radius 2 is 1.20 bits per heavy atom. The number of hydrogen-bond donors (Lipinski definition) is 2. The van der Waals surface area contributed by atoms with Gasteiger partial charge in [-0.15, -0.1) is 0 Å². The molecule has 0 aromatic heterocycles. The molecule has 0 spiro atoms. The third-order valence-corrected chi connectivity index (χ3v) is 8.14. The van der Waals surface area contributed by atoms with Gasteiger partial charge in [0.25, 0.3) is 22.7 Å². The highest BCUT2D eigenvalue weighted by atomic mass is 35.5. The third kappa shape index (κ3) is 10.9. The van der Waals surface area contributed by atoms with Gasteiger partial charge in [0.05, 0.1) is 64.0 Å². The SMILES string of the molecule is C[NH+](C)CC/C=C1/c2ccccc2Sc2ccc(Cl)cc21.O=C(O)c1cc([N+](=O)[O-])cc([N+](=O)[O-])c1.O=C([O-])c1cc([N+](=O)[O-])cc([N+](=O)[O-])c1. The summed E-state index contributed by atoms with van der Waals surface area (Å²) in [6, 6.07) is 19.1. The molecule has 0 unspecified atom stereocenters. The molecule has 0 atom stereocenters. The summed E-state index contributed by atoms with van der Waals surface area (Å²) in [4.78, 5) is 62.7. The lowest BCUT2D eigenvalue weighted by molar-refractivity contribution is -0.857. The number of nitrogens with zero attached hydrogens (tertiary/aromatic N) is 4. The Balaban J connectivity index is 0.000000212. The van der Waals surface area contributed by atoms with Crippen LogP contribution < -0.4 is 10.0 Å². The average Bonchev–Trinajstić information content (AvgIpc) is 3.08. The molecule has 0 fully saturated rings. The minimum Gasteiger partial charge on any atom is -0.545 e. The minimum atomic E-state index is -1.71. The zero-order valence-electron chi connectivity index (χ0n) is 26.5. The highest BCUT2D eigenvalue weighted by Gasteiger charge is 2.21. The fourth-order valence-electron chi connectivity index (χ4n) is 4.42. The quantitative estimate of drug-likeness (QED) is 0.152. The van der Waals surface area contributed by atoms with Crippen LogP contribution in [0.25, 0.3) is 5.57 Å². The van der Waals surface area contributed by atoms with Gasteiger partial charge < -0.3 is 19.9 Å². The van der Waals surface area contributed by atoms with E-state index in [2.05, 4.69) is 56.6 Å². The van der Waals surface area contributed by atoms with Crippen molar-refractivity contribution < 1.29 is 44.4 Å². The Morgan fingerprint density at radius 3 is 1.65 bits per heavy atom. The summed E-state index contributed by atoms with van der Waals surface area (Å²) in [6.07, 6.45) is 3.43. The number of benzene rings is 4. The first-order valence-electron chi connectivity index (χ1n) is 14.4. The zero-order valence-corrected chi connectivity index (χ0v) is 28.1. The van der Waals surface area contributed by atoms with Crippen molar-refractivity contribution in [2.75, 3.05) is 20.6 Å². The van der Waals surface area contributed by atoms with Crippen LogP contribution >= 0.6 is 23.4 Å². The molecule has 1 heterocycles. The van der Waals surface area contributed by atoms with Crippen molar-refractivity contribution in [3.05, 3.63) is 153 Å². The van der Waals surface area contributed by atoms with Gasteiger partial charge in [0.1, 0.15) is 0 Å². The first-order valence-corrected chi connectivity index (χ1v) is 15.6. The Kier molecular flexibility index (Phi) is 13.4. The molecule has 2 N–H and O–H groups in total. The summed E-state index contributed by atoms with van der Waals surface area (Å²) in [5.74, 6) is -3.16. The Morgan fingerprint density at radius 1 is 0.725 bits per heavy atom. The standard InChI is InChI=1S/C18H18ClNS.2C7H4N2O6/c1-20(2)11-5-7-14-15-6-3-4-8-17(15)21-18-10-9-13(19)12-16(14)18;2*10-7(11)4-1-5(8(12)13)3-6(2-4)9(14)15/h3-4,6-10,12H,5,11H2,1-2H3;2*1-3H,(H,10,11)/b14-7-;;. The third-order valence-electron chi connectivity index (χ3n) is 6.75. The molecular weight excluding hydrogens is 714 g/mol. The van der Waals surface area contributed by atoms with Crippen molar-refractivity contribution in [2.24, 2.45) is 0 Å². The maximum Gasteiger partial charge on any atom is 0.336 e. The van der Waals surface area contributed by atoms with Crippen LogP contribution in [0.15, 0.2) is 94.7 Å². The Hall–Kier alpha value is -6.24. The summed E-state index contributed by atoms with van der Waals surface area (Å²) >= 11 is 8.04. The van der Waals surface area contributed by atoms with Gasteiger partial charge in [-0.25, -0.2) is 4.79 Å². The lowest BCUT2D eigenvalue weighted by Gasteiger charge is -2.22. The largest absolute Gasteiger partial charge is 0.545 e. The Labute approximate surface area is 297 Å². The van der Waals surface area contributed by atoms with Crippen molar-refractivity contribution >= 4 is 63.6 Å². The van der Waals surface area contributed by atoms with E-state index in [1.165, 1.54) is 31.4 Å². The van der Waals surface area contributed by atoms with Crippen LogP contribution in [0.2, 0.25) is 5.02 Å². The average molecular weight is 740 g/mol. The fourth-order valence-corrected chi connectivity index (χ4v) is 5.68. The number of hydrogen-bond acceptors (Lipinski definition) is 12. The normalized spacial score (nSPS) is 11.9. The predicted octanol–water partition coefficient (Wildman–Crippen LogP) is 4.84. The van der Waals surface area contributed by atoms with Crippen molar-refractivity contribution in [1.82, 2.24) is 0 Å². The number of carbonyl (C=O) groups is 2. The van der Waals surface area contributed by atoms with E-state index in [9.17, 15) is 55.2 Å². The monoisotopic (exact) mass is 739 g/mol. The molecule has 17 nitrogen and oxygen atoms in total. The molecule has 4 aromatic carbocycles. The predicted molar refractivity (Wildman–Crippen MR) is 182 cm³/mol. The molecule has 0 saturated heterocycles. The van der Waals surface area contributed by atoms with Gasteiger partial charge in [0.15, 0.2) is 0 Å². The number of rotatable bonds is 9. The molecule has 0 amide bonds. The first kappa shape index (κ1) is 39.2. The molecule has 0 bridgehead atoms. The van der Waals surface area contributed by atoms with Crippen LogP contribution in [0.3, 0.4) is 0 Å². The van der Waals surface area contributed by atoms with Crippen molar-refractivity contribution in [3.63, 3.8) is 0 Å². The summed E-state index contributed by atoms with van der Waals surface area (Å²) in [6.45, 7) is 1.13. The van der Waals surface area contributed by atoms with Gasteiger partial charge in [-0.1, -0.05) is 47.6 Å². The van der Waals surface area contributed by atoms with E-state index in [-0.39, 0.29) is 0 Å². The smallest absolute Gasteiger partial charge is 0.336 e. The highest BCUT2D eigenvalue weighted by Crippen LogP contribution is 2.46. The molecule has 5 rings (SSSR count). The van der Waals surface area contributed by atoms with E-state index in [0.717, 1.165) is 30.1 Å². The van der Waals surface area contributed by atoms with E-state index in [1.807, 2.05) is 17.8 Å². The molecule has 0 radical (unpaired) electrons. The lowest BCUT2D eigenvalue weighted by atomic mass is 9.96. The van der Waals surface area contributed by atoms with Gasteiger partial charge in [-0.3, -0.25) is 40.5 Å². The number of fused-ring (bicyclic) bond motifs is 2. The van der Waals surface area contributed by atoms with E-state index in [4.69, 9.17) is 16.7 Å². The number of carboxylic acids is 2. The summed E-state index contributed by atoms with van der Waals surface area (Å²) in [5, 5.41) is 61.1. The number of carbonyl (C=O) groups excluding carboxylic acids is 1. The van der Waals surface area contributed by atoms with E-state index in [1.54, 1.807) is 0 Å². The highest BCUT2D eigenvalue weighted by molar-refractivity contribution is 7.99. The second-order valence-electron chi connectivity index (χ2n) is 10.7. The lowest BCUT2D eigenvalue weighted by Crippen LogP contribution is -3.05. The van der Waals surface area contributed by atoms with E-state index in [0.29, 0.717) is 24.3 Å². The number of aromatic carboxylic acids is 2. The number of halogens is 1. The molecule has 4 aromatic rings. The number of non-ortho nitro benzene ring substituents is 4. The molecular formula is C32H26ClN5O12S. The summed E-state index contributed by atoms with van der Waals surface area (Å²) in [7, 11) is 4.38. The number of nitrogens with one attached hydrogen (secondary N) is 1. The minimum absolute atomic E-state index is 0.490. The van der Waals surface area contributed by atoms with Crippen LogP contribution in [0, 0.1) is 40.5 Å². The van der Waals surface area contributed by atoms with Crippen molar-refractivity contribution in [2.45, 2.75) is 16.2 Å². The maximum atomic E-state index is 10.5. The topological polar surface area (TPSA) is 254 Å². The number of nitro benzene ring substituents is 4. The molecule has 0 aliphatic carbocycles. The van der Waals surface area contributed by atoms with Crippen molar-refractivity contribution in [1.29, 1.82) is 0 Å². The van der Waals surface area contributed by atoms with E-state index >= 15 is 0 Å². The van der Waals surface area contributed by atoms with Crippen molar-refractivity contribution in [3.8, 4) is 0 Å². The number of carboxylic acid groups (broad SMARTS) is 2. The van der Waals surface area contributed by atoms with Crippen LogP contribution in [-0.2, 0) is 0 Å². The molecule has 264 valence electrons. The summed E-state index contributed by atoms with van der Waals surface area (Å²) in [5.41, 5.74) is 0.246. The first-order chi connectivity index (χ1) is 24.0. The molecule has 19 heteroatoms. The number of quaternary nitrogens is 1. The van der Waals surface area contributed by atoms with Crippen LogP contribution in [0.5, 0.6) is 0 Å². The number of nitro groups is 4. The van der Waals surface area contributed by atoms with Crippen LogP contribution in [0.1, 0.15) is 38.3 Å².